The van der Waals surface area contributed by atoms with Crippen LogP contribution in [-0.2, 0) is 91.2 Å². The van der Waals surface area contributed by atoms with E-state index in [4.69, 9.17) is 33.2 Å². The van der Waals surface area contributed by atoms with E-state index in [0.29, 0.717) is 77.8 Å². The molecule has 0 radical (unpaired) electrons. The summed E-state index contributed by atoms with van der Waals surface area (Å²) in [6, 6.07) is 23.6. The van der Waals surface area contributed by atoms with E-state index < -0.39 is 69.6 Å². The van der Waals surface area contributed by atoms with Gasteiger partial charge in [-0.15, -0.1) is 0 Å². The molecule has 90 heavy (non-hydrogen) atoms. The van der Waals surface area contributed by atoms with Crippen LogP contribution in [0.3, 0.4) is 0 Å². The summed E-state index contributed by atoms with van der Waals surface area (Å²) in [6.07, 6.45) is 1.76. The lowest BCUT2D eigenvalue weighted by molar-refractivity contribution is -0.163. The van der Waals surface area contributed by atoms with Crippen molar-refractivity contribution in [2.45, 2.75) is 216 Å². The fourth-order valence-electron chi connectivity index (χ4n) is 11.8. The van der Waals surface area contributed by atoms with Crippen molar-refractivity contribution >= 4 is 42.1 Å². The molecule has 0 N–H and O–H groups in total. The number of esters is 3. The molecule has 0 aliphatic carbocycles. The molecule has 3 aromatic carbocycles. The number of likely N-dealkylation sites (tertiary alicyclic amines) is 3. The molecule has 0 bridgehead atoms. The number of benzene rings is 3. The first-order valence-corrected chi connectivity index (χ1v) is 32.4. The van der Waals surface area contributed by atoms with Crippen LogP contribution in [0.1, 0.15) is 177 Å². The molecule has 3 heterocycles. The Hall–Kier alpha value is -6.69. The average Bonchev–Trinajstić information content (AvgIpc) is 1.72. The molecule has 0 saturated carbocycles. The number of nitrogens with zero attached hydrogens (tertiary/aromatic N) is 4. The summed E-state index contributed by atoms with van der Waals surface area (Å²) in [7, 11) is 0. The van der Waals surface area contributed by atoms with Gasteiger partial charge in [-0.1, -0.05) is 72.8 Å². The van der Waals surface area contributed by atoms with E-state index in [0.717, 1.165) is 33.4 Å². The van der Waals surface area contributed by atoms with Gasteiger partial charge in [0.25, 0.3) is 0 Å². The zero-order valence-electron chi connectivity index (χ0n) is 57.4. The number of rotatable bonds is 21. The first-order valence-electron chi connectivity index (χ1n) is 32.4. The number of hydrogen-bond donors (Lipinski definition) is 0. The van der Waals surface area contributed by atoms with Crippen LogP contribution in [0, 0.1) is 35.5 Å². The van der Waals surface area contributed by atoms with E-state index in [1.165, 1.54) is 0 Å². The van der Waals surface area contributed by atoms with E-state index in [1.54, 1.807) is 19.6 Å². The summed E-state index contributed by atoms with van der Waals surface area (Å²) in [5.74, 6) is -3.27. The highest BCUT2D eigenvalue weighted by Crippen LogP contribution is 2.35. The zero-order valence-corrected chi connectivity index (χ0v) is 57.4. The molecule has 0 aromatic heterocycles. The first-order chi connectivity index (χ1) is 41.6. The minimum absolute atomic E-state index is 0.0500. The van der Waals surface area contributed by atoms with Gasteiger partial charge in [0.1, 0.15) is 33.6 Å². The molecular formula is C72H106N4O14. The van der Waals surface area contributed by atoms with Gasteiger partial charge in [0.05, 0.1) is 37.4 Å². The third-order valence-corrected chi connectivity index (χ3v) is 15.7. The van der Waals surface area contributed by atoms with Crippen molar-refractivity contribution in [3.05, 3.63) is 106 Å². The van der Waals surface area contributed by atoms with Gasteiger partial charge in [0.2, 0.25) is 5.91 Å². The Labute approximate surface area is 536 Å². The van der Waals surface area contributed by atoms with Crippen LogP contribution in [0.4, 0.5) is 14.4 Å². The van der Waals surface area contributed by atoms with Crippen molar-refractivity contribution < 1.29 is 66.7 Å². The fraction of sp³-hybridized carbons (Fsp3) is 0.653. The Bertz CT molecular complexity index is 2950. The average molecular weight is 1250 g/mol. The van der Waals surface area contributed by atoms with Crippen molar-refractivity contribution in [1.82, 2.24) is 19.6 Å². The maximum atomic E-state index is 14.9. The van der Waals surface area contributed by atoms with E-state index >= 15 is 0 Å². The molecule has 0 spiro atoms. The Kier molecular flexibility index (Phi) is 24.3. The minimum atomic E-state index is -0.735. The second kappa shape index (κ2) is 30.2. The smallest absolute Gasteiger partial charge is 0.410 e. The van der Waals surface area contributed by atoms with Crippen molar-refractivity contribution in [3.8, 4) is 0 Å². The molecule has 3 aliphatic rings. The lowest BCUT2D eigenvalue weighted by Crippen LogP contribution is -2.38. The first kappa shape index (κ1) is 72.4. The summed E-state index contributed by atoms with van der Waals surface area (Å²) in [4.78, 5) is 103. The monoisotopic (exact) mass is 1250 g/mol. The van der Waals surface area contributed by atoms with Gasteiger partial charge in [-0.05, 0) is 214 Å². The molecule has 3 aromatic rings. The van der Waals surface area contributed by atoms with Gasteiger partial charge in [-0.2, -0.15) is 0 Å². The van der Waals surface area contributed by atoms with Gasteiger partial charge < -0.3 is 52.8 Å². The number of ether oxygens (including phenoxy) is 7. The second-order valence-electron chi connectivity index (χ2n) is 31.0. The van der Waals surface area contributed by atoms with Gasteiger partial charge in [-0.3, -0.25) is 19.2 Å². The molecule has 6 atom stereocenters. The maximum absolute atomic E-state index is 14.9. The maximum Gasteiger partial charge on any atom is 0.410 e. The third-order valence-electron chi connectivity index (χ3n) is 15.7. The standard InChI is InChI=1S/C72H106N4O14/c1-67(2,3)85-61(78)57(54-28-31-74(44-54)64(81)88-70(10,11)12)39-48-22-19-25-51(36-48)42-60(77)73(43-52-26-20-23-49(37-52)40-58(62(79)86-68(4,5)6)55-29-32-75(45-55)65(82)89-71(13,14)15)34-35-84-47-53-27-21-24-50(38-53)41-59(63(80)87-69(7,8)9)56-30-33-76(46-56)66(83)90-72(16,17)18/h19-27,36-38,54-59H,28-35,39-47H2,1-18H3/t54-,55-,56-,57-,58-,59-/m0/s1. The molecule has 18 heteroatoms. The van der Waals surface area contributed by atoms with Crippen LogP contribution in [0.5, 0.6) is 0 Å². The summed E-state index contributed by atoms with van der Waals surface area (Å²) < 4.78 is 41.5. The molecule has 6 rings (SSSR count). The Morgan fingerprint density at radius 3 is 1.07 bits per heavy atom. The molecule has 18 nitrogen and oxygen atoms in total. The Morgan fingerprint density at radius 2 is 0.722 bits per heavy atom. The van der Waals surface area contributed by atoms with Crippen molar-refractivity contribution in [1.29, 1.82) is 0 Å². The largest absolute Gasteiger partial charge is 0.460 e. The van der Waals surface area contributed by atoms with Crippen LogP contribution < -0.4 is 0 Å². The van der Waals surface area contributed by atoms with E-state index in [-0.39, 0.29) is 74.3 Å². The zero-order chi connectivity index (χ0) is 66.7. The highest BCUT2D eigenvalue weighted by atomic mass is 16.6. The van der Waals surface area contributed by atoms with E-state index in [2.05, 4.69) is 0 Å². The van der Waals surface area contributed by atoms with Crippen LogP contribution in [0.25, 0.3) is 0 Å². The van der Waals surface area contributed by atoms with Crippen molar-refractivity contribution in [2.75, 3.05) is 52.4 Å². The third kappa shape index (κ3) is 24.2. The van der Waals surface area contributed by atoms with Gasteiger partial charge >= 0.3 is 36.2 Å². The molecule has 3 aliphatic heterocycles. The lowest BCUT2D eigenvalue weighted by Gasteiger charge is -2.28. The van der Waals surface area contributed by atoms with Crippen LogP contribution >= 0.6 is 0 Å². The van der Waals surface area contributed by atoms with Crippen molar-refractivity contribution in [2.24, 2.45) is 35.5 Å². The molecular weight excluding hydrogens is 1140 g/mol. The summed E-state index contributed by atoms with van der Waals surface area (Å²) in [6.45, 7) is 36.4. The molecule has 4 amide bonds. The highest BCUT2D eigenvalue weighted by molar-refractivity contribution is 5.79. The van der Waals surface area contributed by atoms with Gasteiger partial charge in [-0.25, -0.2) is 14.4 Å². The normalized spacial score (nSPS) is 18.6. The van der Waals surface area contributed by atoms with Crippen LogP contribution in [0.2, 0.25) is 0 Å². The predicted octanol–water partition coefficient (Wildman–Crippen LogP) is 12.7. The number of hydrogen-bond acceptors (Lipinski definition) is 14. The molecule has 3 fully saturated rings. The molecule has 3 saturated heterocycles. The topological polar surface area (TPSA) is 197 Å². The Balaban J connectivity index is 1.23. The molecule has 498 valence electrons. The van der Waals surface area contributed by atoms with Crippen LogP contribution in [0.15, 0.2) is 72.8 Å². The summed E-state index contributed by atoms with van der Waals surface area (Å²) in [5.41, 5.74) is 0.997. The fourth-order valence-corrected chi connectivity index (χ4v) is 11.8. The van der Waals surface area contributed by atoms with Gasteiger partial charge in [0, 0.05) is 52.4 Å². The Morgan fingerprint density at radius 1 is 0.422 bits per heavy atom. The van der Waals surface area contributed by atoms with E-state index in [9.17, 15) is 33.6 Å². The summed E-state index contributed by atoms with van der Waals surface area (Å²) in [5, 5.41) is 0. The lowest BCUT2D eigenvalue weighted by atomic mass is 9.85. The molecule has 0 unspecified atom stereocenters. The quantitative estimate of drug-likeness (QED) is 0.0554. The van der Waals surface area contributed by atoms with E-state index in [1.807, 2.05) is 197 Å². The SMILES string of the molecule is CC(C)(C)OC(=O)[C@@H](Cc1cccc(COCCN(Cc2cccc(C[C@H](C(=O)OC(C)(C)C)[C@H]3CCN(C(=O)OC(C)(C)C)C3)c2)C(=O)Cc2cccc(C[C@H](C(=O)OC(C)(C)C)[C@H]3CCN(C(=O)OC(C)(C)C)C3)c2)c1)[C@H]1CCN(C(=O)OC(C)(C)C)C1. The van der Waals surface area contributed by atoms with Gasteiger partial charge in [0.15, 0.2) is 0 Å². The summed E-state index contributed by atoms with van der Waals surface area (Å²) >= 11 is 0. The second-order valence-corrected chi connectivity index (χ2v) is 31.0. The highest BCUT2D eigenvalue weighted by Gasteiger charge is 2.43. The van der Waals surface area contributed by atoms with Crippen LogP contribution in [-0.4, -0.2) is 148 Å². The predicted molar refractivity (Wildman–Crippen MR) is 345 cm³/mol. The van der Waals surface area contributed by atoms with Crippen molar-refractivity contribution in [3.63, 3.8) is 0 Å². The minimum Gasteiger partial charge on any atom is -0.460 e. The number of amides is 4. The number of carbonyl (C=O) groups excluding carboxylic acids is 7. The number of carbonyl (C=O) groups is 7.